The van der Waals surface area contributed by atoms with Gasteiger partial charge in [0.1, 0.15) is 18.2 Å². The second kappa shape index (κ2) is 8.98. The molecule has 5 unspecified atom stereocenters. The van der Waals surface area contributed by atoms with E-state index in [9.17, 15) is 14.7 Å². The first kappa shape index (κ1) is 25.8. The Kier molecular flexibility index (Phi) is 6.26. The molecule has 5 rings (SSSR count). The molecule has 3 saturated heterocycles. The molecule has 196 valence electrons. The molecule has 0 saturated carbocycles. The Bertz CT molecular complexity index is 1220. The average molecular weight is 768 g/mol. The number of likely N-dealkylation sites (tertiary alicyclic amines) is 1. The first-order valence-corrected chi connectivity index (χ1v) is 11.7. The van der Waals surface area contributed by atoms with Crippen molar-refractivity contribution in [3.05, 3.63) is 25.1 Å². The summed E-state index contributed by atoms with van der Waals surface area (Å²) in [5.74, 6) is -1.22. The number of anilines is 1. The van der Waals surface area contributed by atoms with Crippen LogP contribution in [-0.2, 0) is 23.8 Å². The van der Waals surface area contributed by atoms with E-state index in [0.717, 1.165) is 0 Å². The number of amides is 1. The molecule has 0 bridgehead atoms. The van der Waals surface area contributed by atoms with Crippen LogP contribution in [0.15, 0.2) is 18.7 Å². The second-order valence-electron chi connectivity index (χ2n) is 9.88. The molecule has 5 atom stereocenters. The second-order valence-corrected chi connectivity index (χ2v) is 9.88. The molecule has 2 aromatic rings. The average Bonchev–Trinajstić information content (AvgIpc) is 3.59. The zero-order valence-corrected chi connectivity index (χ0v) is 28.0. The van der Waals surface area contributed by atoms with Crippen molar-refractivity contribution in [2.45, 2.75) is 63.1 Å². The molecule has 14 heteroatoms. The van der Waals surface area contributed by atoms with Gasteiger partial charge in [0.15, 0.2) is 18.1 Å². The van der Waals surface area contributed by atoms with E-state index in [0.29, 0.717) is 42.2 Å². The molecule has 3 aliphatic heterocycles. The van der Waals surface area contributed by atoms with Crippen LogP contribution in [0.2, 0.25) is 0 Å². The SMILES string of the molecule is C=C(N(C)C)N(C)c1n[c-]nc2c1ncn2C1OC(C(=O)N2CCCC2C(=O)O)C2OC(C)(C)OC21.[Rf]. The van der Waals surface area contributed by atoms with Crippen molar-refractivity contribution in [1.82, 2.24) is 29.3 Å². The number of nitrogens with zero attached hydrogens (tertiary/aromatic N) is 7. The van der Waals surface area contributed by atoms with Crippen molar-refractivity contribution in [3.63, 3.8) is 0 Å². The maximum Gasteiger partial charge on any atom is 0.326 e. The largest absolute Gasteiger partial charge is 0.480 e. The predicted octanol–water partition coefficient (Wildman–Crippen LogP) is 0.589. The Morgan fingerprint density at radius 2 is 1.92 bits per heavy atom. The van der Waals surface area contributed by atoms with Crippen LogP contribution < -0.4 is 4.90 Å². The van der Waals surface area contributed by atoms with Crippen LogP contribution in [-0.4, -0.2) is 104 Å². The van der Waals surface area contributed by atoms with Gasteiger partial charge in [-0.1, -0.05) is 6.58 Å². The molecule has 0 aromatic carbocycles. The molecule has 2 aromatic heterocycles. The van der Waals surface area contributed by atoms with Gasteiger partial charge in [0, 0.05) is 39.5 Å². The third kappa shape index (κ3) is 4.09. The molecule has 1 N–H and O–H groups in total. The van der Waals surface area contributed by atoms with E-state index < -0.39 is 48.2 Å². The topological polar surface area (TPSA) is 135 Å². The molecule has 1 amide bonds. The van der Waals surface area contributed by atoms with Crippen molar-refractivity contribution < 1.29 is 28.9 Å². The Hall–Kier alpha value is -4.29. The molecule has 13 nitrogen and oxygen atoms in total. The number of aromatic nitrogens is 4. The smallest absolute Gasteiger partial charge is 0.326 e. The summed E-state index contributed by atoms with van der Waals surface area (Å²) in [4.78, 5) is 43.3. The fraction of sp³-hybridized carbons (Fsp3) is 0.609. The maximum absolute atomic E-state index is 13.5. The fourth-order valence-electron chi connectivity index (χ4n) is 5.09. The third-order valence-corrected chi connectivity index (χ3v) is 6.88. The fourth-order valence-corrected chi connectivity index (χ4v) is 5.09. The summed E-state index contributed by atoms with van der Waals surface area (Å²) in [6.45, 7) is 7.95. The van der Waals surface area contributed by atoms with Crippen molar-refractivity contribution >= 4 is 28.9 Å². The van der Waals surface area contributed by atoms with Gasteiger partial charge in [0.25, 0.3) is 5.91 Å². The number of ether oxygens (including phenoxy) is 3. The summed E-state index contributed by atoms with van der Waals surface area (Å²) < 4.78 is 20.2. The van der Waals surface area contributed by atoms with Crippen LogP contribution in [0.5, 0.6) is 0 Å². The van der Waals surface area contributed by atoms with Crippen LogP contribution >= 0.6 is 0 Å². The summed E-state index contributed by atoms with van der Waals surface area (Å²) in [5, 5.41) is 9.58. The van der Waals surface area contributed by atoms with Gasteiger partial charge < -0.3 is 48.6 Å². The number of carboxylic acids is 1. The predicted molar refractivity (Wildman–Crippen MR) is 125 cm³/mol. The zero-order chi connectivity index (χ0) is 25.9. The van der Waals surface area contributed by atoms with Gasteiger partial charge in [-0.05, 0) is 26.7 Å². The first-order valence-electron chi connectivity index (χ1n) is 11.7. The van der Waals surface area contributed by atoms with Gasteiger partial charge in [-0.25, -0.2) is 4.79 Å². The monoisotopic (exact) mass is 767 g/mol. The van der Waals surface area contributed by atoms with Crippen molar-refractivity contribution in [2.24, 2.45) is 0 Å². The van der Waals surface area contributed by atoms with Crippen LogP contribution in [0, 0.1) is 6.33 Å². The van der Waals surface area contributed by atoms with Gasteiger partial charge in [0.05, 0.1) is 23.6 Å². The van der Waals surface area contributed by atoms with Gasteiger partial charge >= 0.3 is 5.97 Å². The number of aliphatic carboxylic acids is 1. The normalized spacial score (nSPS) is 28.1. The van der Waals surface area contributed by atoms with Crippen LogP contribution in [0.3, 0.4) is 0 Å². The van der Waals surface area contributed by atoms with Gasteiger partial charge in [0.2, 0.25) is 0 Å². The van der Waals surface area contributed by atoms with E-state index in [2.05, 4.69) is 27.9 Å². The molecule has 0 aliphatic carbocycles. The van der Waals surface area contributed by atoms with E-state index in [1.807, 2.05) is 26.0 Å². The van der Waals surface area contributed by atoms with Crippen LogP contribution in [0.1, 0.15) is 32.9 Å². The zero-order valence-electron chi connectivity index (χ0n) is 21.6. The van der Waals surface area contributed by atoms with Crippen LogP contribution in [0.4, 0.5) is 5.82 Å². The van der Waals surface area contributed by atoms with E-state index >= 15 is 0 Å². The first-order chi connectivity index (χ1) is 17.0. The molecule has 0 radical (unpaired) electrons. The van der Waals surface area contributed by atoms with E-state index in [1.54, 1.807) is 29.6 Å². The summed E-state index contributed by atoms with van der Waals surface area (Å²) in [7, 11) is 5.56. The van der Waals surface area contributed by atoms with Gasteiger partial charge in [-0.3, -0.25) is 9.78 Å². The summed E-state index contributed by atoms with van der Waals surface area (Å²) in [5.41, 5.74) is 0.936. The number of carbonyl (C=O) groups excluding carboxylic acids is 1. The number of hydrogen-bond donors (Lipinski definition) is 1. The Balaban J connectivity index is 0.00000320. The van der Waals surface area contributed by atoms with E-state index in [1.165, 1.54) is 4.90 Å². The minimum Gasteiger partial charge on any atom is -0.480 e. The third-order valence-electron chi connectivity index (χ3n) is 6.88. The van der Waals surface area contributed by atoms with Gasteiger partial charge in [-0.2, -0.15) is 0 Å². The minimum atomic E-state index is -1.04. The van der Waals surface area contributed by atoms with Crippen molar-refractivity contribution in [3.8, 4) is 0 Å². The molecule has 0 spiro atoms. The molecular formula is C23H30N7O6Rf-. The Morgan fingerprint density at radius 3 is 2.59 bits per heavy atom. The summed E-state index contributed by atoms with van der Waals surface area (Å²) in [6.07, 6.45) is 2.04. The number of carboxylic acid groups (broad SMARTS) is 1. The molecular weight excluding hydrogens is 737 g/mol. The maximum atomic E-state index is 13.5. The van der Waals surface area contributed by atoms with Crippen molar-refractivity contribution in [2.75, 3.05) is 32.6 Å². The molecule has 3 fully saturated rings. The Morgan fingerprint density at radius 1 is 1.22 bits per heavy atom. The number of carbonyl (C=O) groups is 2. The number of fused-ring (bicyclic) bond motifs is 2. The van der Waals surface area contributed by atoms with Crippen LogP contribution in [0.25, 0.3) is 11.2 Å². The summed E-state index contributed by atoms with van der Waals surface area (Å²) in [6, 6.07) is -0.881. The van der Waals surface area contributed by atoms with E-state index in [-0.39, 0.29) is 0 Å². The molecule has 5 heterocycles. The molecule has 37 heavy (non-hydrogen) atoms. The van der Waals surface area contributed by atoms with Gasteiger partial charge in [-0.15, -0.1) is 0 Å². The minimum absolute atomic E-state index is 0. The van der Waals surface area contributed by atoms with E-state index in [4.69, 9.17) is 14.2 Å². The summed E-state index contributed by atoms with van der Waals surface area (Å²) >= 11 is 0. The molecule has 3 aliphatic rings. The number of imidazole rings is 1. The number of rotatable bonds is 6. The number of hydrogen-bond acceptors (Lipinski definition) is 10. The Labute approximate surface area is 208 Å². The quantitative estimate of drug-likeness (QED) is 0.414. The van der Waals surface area contributed by atoms with Crippen molar-refractivity contribution in [1.29, 1.82) is 0 Å². The standard InChI is InChI=1S/C23H30N7O6.Rf/c1-12(27(4)5)28(6)18-14-19(25-10-24-18)30(11-26-14)21-17-15(35-23(2,3)36-17)16(34-21)20(31)29-9-7-8-13(29)22(32)33;/h11,13,15-17,21H,1,7-9H2,2-6H3,(H,32,33);/q-1;.